The second-order valence-electron chi connectivity index (χ2n) is 6.12. The van der Waals surface area contributed by atoms with Crippen molar-refractivity contribution in [3.8, 4) is 0 Å². The lowest BCUT2D eigenvalue weighted by Crippen LogP contribution is -2.07. The Kier molecular flexibility index (Phi) is 5.26. The molecule has 3 aromatic carbocycles. The van der Waals surface area contributed by atoms with Gasteiger partial charge in [0.25, 0.3) is 0 Å². The van der Waals surface area contributed by atoms with Crippen LogP contribution in [0.1, 0.15) is 29.2 Å². The van der Waals surface area contributed by atoms with Crippen LogP contribution in [-0.2, 0) is 11.0 Å². The number of ketones is 1. The molecule has 0 aliphatic rings. The van der Waals surface area contributed by atoms with Crippen LogP contribution in [0.15, 0.2) is 84.9 Å². The molecule has 3 aromatic rings. The fourth-order valence-electron chi connectivity index (χ4n) is 3.04. The van der Waals surface area contributed by atoms with Crippen LogP contribution in [0.25, 0.3) is 11.1 Å². The minimum absolute atomic E-state index is 0.211. The highest BCUT2D eigenvalue weighted by Crippen LogP contribution is 2.36. The van der Waals surface area contributed by atoms with Crippen LogP contribution in [0.2, 0.25) is 0 Å². The quantitative estimate of drug-likeness (QED) is 0.394. The lowest BCUT2D eigenvalue weighted by Gasteiger charge is -2.17. The molecule has 0 aliphatic carbocycles. The topological polar surface area (TPSA) is 17.1 Å². The molecule has 0 aliphatic heterocycles. The van der Waals surface area contributed by atoms with Crippen molar-refractivity contribution in [3.63, 3.8) is 0 Å². The first kappa shape index (κ1) is 18.6. The van der Waals surface area contributed by atoms with E-state index < -0.39 is 11.7 Å². The average Bonchev–Trinajstić information content (AvgIpc) is 2.66. The fourth-order valence-corrected chi connectivity index (χ4v) is 3.04. The highest BCUT2D eigenvalue weighted by molar-refractivity contribution is 6.29. The molecule has 0 heterocycles. The number of allylic oxidation sites excluding steroid dienone is 1. The van der Waals surface area contributed by atoms with Crippen molar-refractivity contribution in [1.82, 2.24) is 0 Å². The molecule has 0 unspecified atom stereocenters. The molecular formula is C23H17F3O. The lowest BCUT2D eigenvalue weighted by molar-refractivity contribution is -0.137. The summed E-state index contributed by atoms with van der Waals surface area (Å²) in [5.74, 6) is -0.211. The average molecular weight is 366 g/mol. The van der Waals surface area contributed by atoms with Crippen molar-refractivity contribution in [2.45, 2.75) is 13.1 Å². The van der Waals surface area contributed by atoms with Crippen molar-refractivity contribution >= 4 is 16.9 Å². The van der Waals surface area contributed by atoms with Gasteiger partial charge in [0.15, 0.2) is 5.78 Å². The molecule has 3 rings (SSSR count). The molecule has 0 radical (unpaired) electrons. The molecule has 0 amide bonds. The number of hydrogen-bond acceptors (Lipinski definition) is 1. The fraction of sp³-hybridized carbons (Fsp3) is 0.0870. The molecular weight excluding hydrogens is 349 g/mol. The van der Waals surface area contributed by atoms with E-state index in [2.05, 4.69) is 0 Å². The monoisotopic (exact) mass is 366 g/mol. The van der Waals surface area contributed by atoms with E-state index in [4.69, 9.17) is 0 Å². The Morgan fingerprint density at radius 3 is 1.74 bits per heavy atom. The molecule has 136 valence electrons. The number of benzene rings is 3. The van der Waals surface area contributed by atoms with E-state index in [0.29, 0.717) is 27.8 Å². The lowest BCUT2D eigenvalue weighted by atomic mass is 9.87. The summed E-state index contributed by atoms with van der Waals surface area (Å²) >= 11 is 0. The second-order valence-corrected chi connectivity index (χ2v) is 6.12. The predicted molar refractivity (Wildman–Crippen MR) is 101 cm³/mol. The van der Waals surface area contributed by atoms with Crippen LogP contribution in [0, 0.1) is 0 Å². The molecule has 0 atom stereocenters. The van der Waals surface area contributed by atoms with Crippen LogP contribution >= 0.6 is 0 Å². The smallest absolute Gasteiger partial charge is 0.294 e. The van der Waals surface area contributed by atoms with Gasteiger partial charge in [0, 0.05) is 11.1 Å². The zero-order chi connectivity index (χ0) is 19.4. The van der Waals surface area contributed by atoms with E-state index in [1.807, 2.05) is 12.1 Å². The zero-order valence-electron chi connectivity index (χ0n) is 14.6. The van der Waals surface area contributed by atoms with Gasteiger partial charge in [-0.2, -0.15) is 13.2 Å². The van der Waals surface area contributed by atoms with Crippen LogP contribution < -0.4 is 0 Å². The van der Waals surface area contributed by atoms with Gasteiger partial charge in [-0.15, -0.1) is 0 Å². The van der Waals surface area contributed by atoms with Crippen molar-refractivity contribution in [3.05, 3.63) is 107 Å². The number of carbonyl (C=O) groups is 1. The van der Waals surface area contributed by atoms with Crippen LogP contribution in [0.3, 0.4) is 0 Å². The number of Topliss-reactive ketones (excluding diaryl/α,β-unsaturated/α-hetero) is 1. The predicted octanol–water partition coefficient (Wildman–Crippen LogP) is 6.25. The number of rotatable bonds is 4. The summed E-state index contributed by atoms with van der Waals surface area (Å²) < 4.78 is 39.7. The molecule has 4 heteroatoms. The Labute approximate surface area is 155 Å². The van der Waals surface area contributed by atoms with Gasteiger partial charge in [0.1, 0.15) is 0 Å². The largest absolute Gasteiger partial charge is 0.416 e. The molecule has 0 N–H and O–H groups in total. The Morgan fingerprint density at radius 1 is 0.704 bits per heavy atom. The maximum absolute atomic E-state index is 13.2. The molecule has 0 saturated carbocycles. The summed E-state index contributed by atoms with van der Waals surface area (Å²) in [5, 5.41) is 0. The molecule has 0 bridgehead atoms. The van der Waals surface area contributed by atoms with Crippen LogP contribution in [0.5, 0.6) is 0 Å². The normalized spacial score (nSPS) is 12.4. The van der Waals surface area contributed by atoms with E-state index in [1.54, 1.807) is 54.6 Å². The molecule has 0 fully saturated rings. The van der Waals surface area contributed by atoms with Gasteiger partial charge in [-0.05, 0) is 35.7 Å². The highest BCUT2D eigenvalue weighted by Gasteiger charge is 2.31. The summed E-state index contributed by atoms with van der Waals surface area (Å²) in [4.78, 5) is 12.5. The Hall–Kier alpha value is -3.14. The van der Waals surface area contributed by atoms with Gasteiger partial charge >= 0.3 is 6.18 Å². The Balaban J connectivity index is 2.35. The van der Waals surface area contributed by atoms with E-state index in [-0.39, 0.29) is 5.78 Å². The number of carbonyl (C=O) groups excluding carboxylic acids is 1. The van der Waals surface area contributed by atoms with E-state index in [0.717, 1.165) is 12.1 Å². The summed E-state index contributed by atoms with van der Waals surface area (Å²) in [6.07, 6.45) is -4.46. The number of hydrogen-bond donors (Lipinski definition) is 0. The standard InChI is InChI=1S/C23H17F3O/c1-16(27)21(17-9-4-2-5-10-17)22(18-11-6-3-7-12-18)19-13-8-14-20(15-19)23(24,25)26/h2-15H,1H3. The van der Waals surface area contributed by atoms with Gasteiger partial charge in [0.05, 0.1) is 5.56 Å². The van der Waals surface area contributed by atoms with E-state index >= 15 is 0 Å². The zero-order valence-corrected chi connectivity index (χ0v) is 14.6. The van der Waals surface area contributed by atoms with Gasteiger partial charge < -0.3 is 0 Å². The molecule has 1 nitrogen and oxygen atoms in total. The van der Waals surface area contributed by atoms with Crippen molar-refractivity contribution in [2.24, 2.45) is 0 Å². The third-order valence-electron chi connectivity index (χ3n) is 4.21. The van der Waals surface area contributed by atoms with Gasteiger partial charge in [-0.25, -0.2) is 0 Å². The van der Waals surface area contributed by atoms with Gasteiger partial charge in [-0.1, -0.05) is 72.8 Å². The van der Waals surface area contributed by atoms with Crippen LogP contribution in [-0.4, -0.2) is 5.78 Å². The van der Waals surface area contributed by atoms with Crippen molar-refractivity contribution < 1.29 is 18.0 Å². The number of halogens is 3. The third-order valence-corrected chi connectivity index (χ3v) is 4.21. The van der Waals surface area contributed by atoms with Crippen LogP contribution in [0.4, 0.5) is 13.2 Å². The van der Waals surface area contributed by atoms with E-state index in [1.165, 1.54) is 13.0 Å². The highest BCUT2D eigenvalue weighted by atomic mass is 19.4. The number of alkyl halides is 3. The second kappa shape index (κ2) is 7.62. The Bertz CT molecular complexity index is 971. The Morgan fingerprint density at radius 2 is 1.22 bits per heavy atom. The first-order valence-electron chi connectivity index (χ1n) is 8.41. The summed E-state index contributed by atoms with van der Waals surface area (Å²) in [7, 11) is 0. The minimum Gasteiger partial charge on any atom is -0.294 e. The SMILES string of the molecule is CC(=O)C(=C(c1ccccc1)c1cccc(C(F)(F)F)c1)c1ccccc1. The molecule has 27 heavy (non-hydrogen) atoms. The molecule has 0 aromatic heterocycles. The minimum atomic E-state index is -4.46. The van der Waals surface area contributed by atoms with Gasteiger partial charge in [-0.3, -0.25) is 4.79 Å². The summed E-state index contributed by atoms with van der Waals surface area (Å²) in [6.45, 7) is 1.43. The van der Waals surface area contributed by atoms with Crippen molar-refractivity contribution in [1.29, 1.82) is 0 Å². The molecule has 0 spiro atoms. The first-order valence-corrected chi connectivity index (χ1v) is 8.41. The van der Waals surface area contributed by atoms with E-state index in [9.17, 15) is 18.0 Å². The maximum Gasteiger partial charge on any atom is 0.416 e. The summed E-state index contributed by atoms with van der Waals surface area (Å²) in [6, 6.07) is 23.1. The van der Waals surface area contributed by atoms with Crippen molar-refractivity contribution in [2.75, 3.05) is 0 Å². The first-order chi connectivity index (χ1) is 12.9. The maximum atomic E-state index is 13.2. The third kappa shape index (κ3) is 4.17. The molecule has 0 saturated heterocycles. The summed E-state index contributed by atoms with van der Waals surface area (Å²) in [5.41, 5.74) is 1.84. The van der Waals surface area contributed by atoms with Gasteiger partial charge in [0.2, 0.25) is 0 Å².